The summed E-state index contributed by atoms with van der Waals surface area (Å²) >= 11 is 0. The van der Waals surface area contributed by atoms with E-state index in [1.165, 1.54) is 24.3 Å². The van der Waals surface area contributed by atoms with Crippen molar-refractivity contribution in [1.29, 1.82) is 0 Å². The molecular weight excluding hydrogens is 217 g/mol. The number of carboxylic acids is 1. The number of Topliss-reactive ketones (excluding diaryl/α,β-unsaturated/α-hetero) is 2. The molecule has 16 heavy (non-hydrogen) atoms. The third-order valence-electron chi connectivity index (χ3n) is 2.31. The monoisotopic (exact) mass is 223 g/mol. The lowest BCUT2D eigenvalue weighted by atomic mass is 9.95. The van der Waals surface area contributed by atoms with Gasteiger partial charge in [0.1, 0.15) is 0 Å². The van der Waals surface area contributed by atoms with Gasteiger partial charge >= 0.3 is 5.97 Å². The fourth-order valence-corrected chi connectivity index (χ4v) is 1.56. The van der Waals surface area contributed by atoms with E-state index in [1.54, 1.807) is 0 Å². The maximum absolute atomic E-state index is 13.6. The molecule has 0 fully saturated rings. The molecule has 0 aromatic heterocycles. The average Bonchev–Trinajstić information content (AvgIpc) is 2.26. The summed E-state index contributed by atoms with van der Waals surface area (Å²) in [6.45, 7) is 0. The number of para-hydroxylation sites is 1. The fraction of sp³-hybridized carbons (Fsp3) is 0.100. The lowest BCUT2D eigenvalue weighted by Crippen LogP contribution is -2.49. The molecule has 6 heteroatoms. The van der Waals surface area contributed by atoms with Gasteiger partial charge in [0.15, 0.2) is 0 Å². The molecule has 0 bridgehead atoms. The predicted molar refractivity (Wildman–Crippen MR) is 50.8 cm³/mol. The largest absolute Gasteiger partial charge is 0.479 e. The first-order valence-corrected chi connectivity index (χ1v) is 4.39. The van der Waals surface area contributed by atoms with Crippen molar-refractivity contribution >= 4 is 23.2 Å². The maximum Gasteiger partial charge on any atom is 0.337 e. The van der Waals surface area contributed by atoms with Gasteiger partial charge in [-0.25, -0.2) is 4.79 Å². The molecule has 1 aliphatic rings. The number of carboxylic acid groups (broad SMARTS) is 1. The Morgan fingerprint density at radius 3 is 2.56 bits per heavy atom. The lowest BCUT2D eigenvalue weighted by Gasteiger charge is -2.26. The van der Waals surface area contributed by atoms with Crippen molar-refractivity contribution in [2.75, 3.05) is 5.12 Å². The molecular formula is C10H6FNO4. The standard InChI is InChI=1S/C10H6FNO4/c11-12-6-4-2-1-3-5(6)8(13)9(14)7(12)10(15)16/h1-4,7H,(H,15,16). The van der Waals surface area contributed by atoms with Crippen LogP contribution in [0.4, 0.5) is 10.2 Å². The van der Waals surface area contributed by atoms with Gasteiger partial charge in [-0.3, -0.25) is 9.59 Å². The van der Waals surface area contributed by atoms with Gasteiger partial charge in [-0.1, -0.05) is 16.6 Å². The highest BCUT2D eigenvalue weighted by Crippen LogP contribution is 2.29. The summed E-state index contributed by atoms with van der Waals surface area (Å²) in [6.07, 6.45) is 0. The van der Waals surface area contributed by atoms with Crippen LogP contribution in [0.15, 0.2) is 24.3 Å². The molecule has 1 heterocycles. The number of halogens is 1. The van der Waals surface area contributed by atoms with E-state index in [-0.39, 0.29) is 16.4 Å². The number of nitrogens with zero attached hydrogens (tertiary/aromatic N) is 1. The van der Waals surface area contributed by atoms with Crippen molar-refractivity contribution in [3.05, 3.63) is 29.8 Å². The Bertz CT molecular complexity index is 499. The molecule has 5 nitrogen and oxygen atoms in total. The van der Waals surface area contributed by atoms with Crippen LogP contribution in [-0.4, -0.2) is 28.7 Å². The van der Waals surface area contributed by atoms with Crippen LogP contribution in [0.2, 0.25) is 0 Å². The Kier molecular flexibility index (Phi) is 2.19. The van der Waals surface area contributed by atoms with Crippen molar-refractivity contribution in [2.45, 2.75) is 6.04 Å². The highest BCUT2D eigenvalue weighted by molar-refractivity contribution is 6.51. The minimum atomic E-state index is -2.08. The van der Waals surface area contributed by atoms with Crippen LogP contribution in [0.3, 0.4) is 0 Å². The number of rotatable bonds is 1. The van der Waals surface area contributed by atoms with E-state index in [1.807, 2.05) is 0 Å². The smallest absolute Gasteiger partial charge is 0.337 e. The summed E-state index contributed by atoms with van der Waals surface area (Å²) in [5.74, 6) is -3.93. The third-order valence-corrected chi connectivity index (χ3v) is 2.31. The van der Waals surface area contributed by atoms with Gasteiger partial charge in [-0.15, -0.1) is 0 Å². The molecule has 1 unspecified atom stereocenters. The van der Waals surface area contributed by atoms with E-state index >= 15 is 0 Å². The van der Waals surface area contributed by atoms with E-state index < -0.39 is 23.6 Å². The quantitative estimate of drug-likeness (QED) is 0.428. The molecule has 2 rings (SSSR count). The molecule has 1 N–H and O–H groups in total. The zero-order valence-electron chi connectivity index (χ0n) is 7.88. The molecule has 82 valence electrons. The normalized spacial score (nSPS) is 19.6. The SMILES string of the molecule is O=C1C(=O)C(C(=O)O)N(F)c2ccccc21. The molecule has 0 amide bonds. The lowest BCUT2D eigenvalue weighted by molar-refractivity contribution is -0.142. The fourth-order valence-electron chi connectivity index (χ4n) is 1.56. The van der Waals surface area contributed by atoms with Gasteiger partial charge in [0, 0.05) is 0 Å². The number of carbonyl (C=O) groups is 3. The van der Waals surface area contributed by atoms with E-state index in [0.29, 0.717) is 0 Å². The topological polar surface area (TPSA) is 74.7 Å². The third kappa shape index (κ3) is 1.27. The molecule has 0 aliphatic carbocycles. The summed E-state index contributed by atoms with van der Waals surface area (Å²) in [6, 6.07) is 3.37. The van der Waals surface area contributed by atoms with E-state index in [4.69, 9.17) is 5.11 Å². The van der Waals surface area contributed by atoms with Crippen LogP contribution in [0, 0.1) is 0 Å². The molecule has 0 saturated heterocycles. The van der Waals surface area contributed by atoms with Gasteiger partial charge in [-0.2, -0.15) is 5.12 Å². The second-order valence-corrected chi connectivity index (χ2v) is 3.26. The molecule has 1 atom stereocenters. The number of hydrogen-bond acceptors (Lipinski definition) is 4. The number of carbonyl (C=O) groups excluding carboxylic acids is 2. The van der Waals surface area contributed by atoms with Crippen molar-refractivity contribution in [3.8, 4) is 0 Å². The maximum atomic E-state index is 13.6. The highest BCUT2D eigenvalue weighted by atomic mass is 19.2. The molecule has 0 saturated carbocycles. The second-order valence-electron chi connectivity index (χ2n) is 3.26. The first-order chi connectivity index (χ1) is 7.54. The number of fused-ring (bicyclic) bond motifs is 1. The predicted octanol–water partition coefficient (Wildman–Crippen LogP) is 0.596. The highest BCUT2D eigenvalue weighted by Gasteiger charge is 2.44. The Balaban J connectivity index is 2.60. The first kappa shape index (κ1) is 10.3. The summed E-state index contributed by atoms with van der Waals surface area (Å²) in [4.78, 5) is 33.5. The van der Waals surface area contributed by atoms with E-state index in [9.17, 15) is 18.9 Å². The summed E-state index contributed by atoms with van der Waals surface area (Å²) in [5.41, 5.74) is -0.313. The van der Waals surface area contributed by atoms with Crippen LogP contribution < -0.4 is 5.12 Å². The van der Waals surface area contributed by atoms with Crippen LogP contribution >= 0.6 is 0 Å². The minimum Gasteiger partial charge on any atom is -0.479 e. The number of ketones is 2. The zero-order chi connectivity index (χ0) is 11.9. The summed E-state index contributed by atoms with van der Waals surface area (Å²) < 4.78 is 13.6. The Labute approximate surface area is 89.0 Å². The van der Waals surface area contributed by atoms with Gasteiger partial charge in [0.05, 0.1) is 11.3 Å². The van der Waals surface area contributed by atoms with Crippen LogP contribution in [-0.2, 0) is 9.59 Å². The van der Waals surface area contributed by atoms with Gasteiger partial charge in [0.2, 0.25) is 17.6 Å². The zero-order valence-corrected chi connectivity index (χ0v) is 7.88. The van der Waals surface area contributed by atoms with Crippen LogP contribution in [0.25, 0.3) is 0 Å². The second kappa shape index (κ2) is 3.41. The Hall–Kier alpha value is -2.24. The van der Waals surface area contributed by atoms with Gasteiger partial charge < -0.3 is 5.11 Å². The number of hydrogen-bond donors (Lipinski definition) is 1. The van der Waals surface area contributed by atoms with E-state index in [0.717, 1.165) is 0 Å². The molecule has 0 radical (unpaired) electrons. The minimum absolute atomic E-state index is 0.118. The molecule has 1 aromatic rings. The van der Waals surface area contributed by atoms with Crippen molar-refractivity contribution < 1.29 is 24.0 Å². The summed E-state index contributed by atoms with van der Waals surface area (Å²) in [7, 11) is 0. The van der Waals surface area contributed by atoms with E-state index in [2.05, 4.69) is 0 Å². The van der Waals surface area contributed by atoms with Crippen molar-refractivity contribution in [1.82, 2.24) is 0 Å². The Morgan fingerprint density at radius 1 is 1.31 bits per heavy atom. The summed E-state index contributed by atoms with van der Waals surface area (Å²) in [5, 5.41) is 8.47. The molecule has 1 aliphatic heterocycles. The van der Waals surface area contributed by atoms with Crippen molar-refractivity contribution in [2.24, 2.45) is 0 Å². The van der Waals surface area contributed by atoms with Crippen LogP contribution in [0.5, 0.6) is 0 Å². The van der Waals surface area contributed by atoms with Crippen LogP contribution in [0.1, 0.15) is 10.4 Å². The number of aliphatic carboxylic acids is 1. The van der Waals surface area contributed by atoms with Crippen molar-refractivity contribution in [3.63, 3.8) is 0 Å². The first-order valence-electron chi connectivity index (χ1n) is 4.39. The molecule has 1 aromatic carbocycles. The average molecular weight is 223 g/mol. The van der Waals surface area contributed by atoms with Gasteiger partial charge in [0.25, 0.3) is 0 Å². The Morgan fingerprint density at radius 2 is 1.94 bits per heavy atom. The van der Waals surface area contributed by atoms with Gasteiger partial charge in [-0.05, 0) is 12.1 Å². The molecule has 0 spiro atoms. The number of anilines is 1. The number of benzene rings is 1.